The largest absolute Gasteiger partial charge is 0.350 e. The molecule has 0 aliphatic carbocycles. The second kappa shape index (κ2) is 7.80. The number of pyridine rings is 1. The molecule has 2 N–H and O–H groups in total. The van der Waals surface area contributed by atoms with Gasteiger partial charge >= 0.3 is 0 Å². The normalized spacial score (nSPS) is 17.2. The Labute approximate surface area is 145 Å². The molecule has 1 saturated heterocycles. The third-order valence-corrected chi connectivity index (χ3v) is 4.02. The fraction of sp³-hybridized carbons (Fsp3) is 0.353. The fourth-order valence-electron chi connectivity index (χ4n) is 2.64. The predicted octanol–water partition coefficient (Wildman–Crippen LogP) is -0.0896. The summed E-state index contributed by atoms with van der Waals surface area (Å²) in [4.78, 5) is 39.0. The molecule has 8 nitrogen and oxygen atoms in total. The molecule has 0 radical (unpaired) electrons. The Morgan fingerprint density at radius 3 is 2.80 bits per heavy atom. The van der Waals surface area contributed by atoms with E-state index < -0.39 is 6.04 Å². The van der Waals surface area contributed by atoms with Gasteiger partial charge in [0.15, 0.2) is 0 Å². The van der Waals surface area contributed by atoms with Gasteiger partial charge in [0.25, 0.3) is 5.91 Å². The lowest BCUT2D eigenvalue weighted by Crippen LogP contribution is -2.59. The van der Waals surface area contributed by atoms with Gasteiger partial charge in [0.2, 0.25) is 5.91 Å². The van der Waals surface area contributed by atoms with Crippen LogP contribution in [0.5, 0.6) is 0 Å². The van der Waals surface area contributed by atoms with Crippen LogP contribution in [0.15, 0.2) is 36.9 Å². The van der Waals surface area contributed by atoms with Gasteiger partial charge in [-0.15, -0.1) is 0 Å². The summed E-state index contributed by atoms with van der Waals surface area (Å²) >= 11 is 0. The minimum atomic E-state index is -0.578. The number of aromatic nitrogens is 3. The molecule has 0 spiro atoms. The van der Waals surface area contributed by atoms with E-state index in [0.29, 0.717) is 26.2 Å². The van der Waals surface area contributed by atoms with Crippen molar-refractivity contribution < 1.29 is 9.59 Å². The SMILES string of the molecule is Cc1cnc(C(=O)N2CCNC[C@@H]2C(=O)NCc2ccncc2)cn1. The van der Waals surface area contributed by atoms with E-state index in [1.807, 2.05) is 12.1 Å². The van der Waals surface area contributed by atoms with Gasteiger partial charge in [-0.1, -0.05) is 0 Å². The van der Waals surface area contributed by atoms with Gasteiger partial charge in [0, 0.05) is 44.8 Å². The van der Waals surface area contributed by atoms with Crippen molar-refractivity contribution in [2.75, 3.05) is 19.6 Å². The van der Waals surface area contributed by atoms with Gasteiger partial charge in [0.05, 0.1) is 11.9 Å². The smallest absolute Gasteiger partial charge is 0.274 e. The third kappa shape index (κ3) is 4.16. The number of piperazine rings is 1. The number of hydrogen-bond acceptors (Lipinski definition) is 6. The summed E-state index contributed by atoms with van der Waals surface area (Å²) < 4.78 is 0. The van der Waals surface area contributed by atoms with Crippen LogP contribution < -0.4 is 10.6 Å². The molecule has 2 amide bonds. The first-order chi connectivity index (χ1) is 12.1. The molecule has 0 saturated carbocycles. The summed E-state index contributed by atoms with van der Waals surface area (Å²) in [5.41, 5.74) is 1.94. The second-order valence-electron chi connectivity index (χ2n) is 5.83. The maximum absolute atomic E-state index is 12.7. The van der Waals surface area contributed by atoms with E-state index in [1.54, 1.807) is 30.4 Å². The van der Waals surface area contributed by atoms with Gasteiger partial charge < -0.3 is 15.5 Å². The monoisotopic (exact) mass is 340 g/mol. The van der Waals surface area contributed by atoms with Crippen LogP contribution in [0.4, 0.5) is 0 Å². The third-order valence-electron chi connectivity index (χ3n) is 4.02. The van der Waals surface area contributed by atoms with Crippen molar-refractivity contribution in [1.82, 2.24) is 30.5 Å². The van der Waals surface area contributed by atoms with E-state index in [9.17, 15) is 9.59 Å². The van der Waals surface area contributed by atoms with Gasteiger partial charge in [0.1, 0.15) is 11.7 Å². The number of nitrogens with zero attached hydrogens (tertiary/aromatic N) is 4. The van der Waals surface area contributed by atoms with Crippen molar-refractivity contribution in [3.8, 4) is 0 Å². The van der Waals surface area contributed by atoms with Gasteiger partial charge in [-0.3, -0.25) is 19.6 Å². The van der Waals surface area contributed by atoms with Crippen LogP contribution in [-0.4, -0.2) is 57.3 Å². The Morgan fingerprint density at radius 2 is 2.08 bits per heavy atom. The highest BCUT2D eigenvalue weighted by Crippen LogP contribution is 2.09. The minimum Gasteiger partial charge on any atom is -0.350 e. The van der Waals surface area contributed by atoms with Crippen LogP contribution in [0.2, 0.25) is 0 Å². The number of aryl methyl sites for hydroxylation is 1. The Kier molecular flexibility index (Phi) is 5.30. The maximum Gasteiger partial charge on any atom is 0.274 e. The number of hydrogen-bond donors (Lipinski definition) is 2. The average molecular weight is 340 g/mol. The molecule has 3 rings (SSSR count). The van der Waals surface area contributed by atoms with E-state index in [0.717, 1.165) is 11.3 Å². The van der Waals surface area contributed by atoms with Crippen LogP contribution in [0, 0.1) is 6.92 Å². The minimum absolute atomic E-state index is 0.197. The molecule has 8 heteroatoms. The molecule has 130 valence electrons. The Morgan fingerprint density at radius 1 is 1.28 bits per heavy atom. The highest BCUT2D eigenvalue weighted by atomic mass is 16.2. The lowest BCUT2D eigenvalue weighted by molar-refractivity contribution is -0.126. The second-order valence-corrected chi connectivity index (χ2v) is 5.83. The number of rotatable bonds is 4. The van der Waals surface area contributed by atoms with Crippen LogP contribution in [0.3, 0.4) is 0 Å². The highest BCUT2D eigenvalue weighted by Gasteiger charge is 2.33. The van der Waals surface area contributed by atoms with Crippen molar-refractivity contribution in [2.24, 2.45) is 0 Å². The quantitative estimate of drug-likeness (QED) is 0.807. The van der Waals surface area contributed by atoms with Gasteiger partial charge in [-0.05, 0) is 24.6 Å². The predicted molar refractivity (Wildman–Crippen MR) is 90.5 cm³/mol. The van der Waals surface area contributed by atoms with E-state index in [2.05, 4.69) is 25.6 Å². The van der Waals surface area contributed by atoms with Crippen LogP contribution >= 0.6 is 0 Å². The number of amides is 2. The summed E-state index contributed by atoms with van der Waals surface area (Å²) in [6, 6.07) is 3.10. The highest BCUT2D eigenvalue weighted by molar-refractivity contribution is 5.96. The van der Waals surface area contributed by atoms with E-state index >= 15 is 0 Å². The molecule has 0 aromatic carbocycles. The zero-order chi connectivity index (χ0) is 17.6. The lowest BCUT2D eigenvalue weighted by atomic mass is 10.1. The van der Waals surface area contributed by atoms with E-state index in [1.165, 1.54) is 6.20 Å². The van der Waals surface area contributed by atoms with Crippen molar-refractivity contribution in [3.63, 3.8) is 0 Å². The molecule has 0 bridgehead atoms. The first-order valence-corrected chi connectivity index (χ1v) is 8.12. The summed E-state index contributed by atoms with van der Waals surface area (Å²) in [5, 5.41) is 6.04. The Bertz CT molecular complexity index is 735. The number of carbonyl (C=O) groups is 2. The zero-order valence-corrected chi connectivity index (χ0v) is 14.0. The molecule has 25 heavy (non-hydrogen) atoms. The Hall–Kier alpha value is -2.87. The van der Waals surface area contributed by atoms with Crippen LogP contribution in [0.25, 0.3) is 0 Å². The zero-order valence-electron chi connectivity index (χ0n) is 14.0. The van der Waals surface area contributed by atoms with Crippen molar-refractivity contribution in [2.45, 2.75) is 19.5 Å². The molecular formula is C17H20N6O2. The summed E-state index contributed by atoms with van der Waals surface area (Å²) in [6.45, 7) is 3.69. The molecule has 1 aliphatic heterocycles. The molecule has 1 aliphatic rings. The van der Waals surface area contributed by atoms with Crippen molar-refractivity contribution in [3.05, 3.63) is 53.9 Å². The molecule has 2 aromatic rings. The summed E-state index contributed by atoms with van der Waals surface area (Å²) in [7, 11) is 0. The summed E-state index contributed by atoms with van der Waals surface area (Å²) in [5.74, 6) is -0.476. The van der Waals surface area contributed by atoms with Crippen LogP contribution in [0.1, 0.15) is 21.7 Å². The first-order valence-electron chi connectivity index (χ1n) is 8.12. The molecule has 3 heterocycles. The van der Waals surface area contributed by atoms with Crippen LogP contribution in [-0.2, 0) is 11.3 Å². The van der Waals surface area contributed by atoms with Crippen molar-refractivity contribution in [1.29, 1.82) is 0 Å². The molecule has 2 aromatic heterocycles. The number of carbonyl (C=O) groups excluding carboxylic acids is 2. The standard InChI is InChI=1S/C17H20N6O2/c1-12-8-21-14(10-20-12)17(25)23-7-6-19-11-15(23)16(24)22-9-13-2-4-18-5-3-13/h2-5,8,10,15,19H,6-7,9,11H2,1H3,(H,22,24)/t15-/m1/s1. The Balaban J connectivity index is 1.68. The molecule has 1 fully saturated rings. The average Bonchev–Trinajstić information content (AvgIpc) is 2.67. The van der Waals surface area contributed by atoms with Gasteiger partial charge in [-0.25, -0.2) is 4.98 Å². The molecular weight excluding hydrogens is 320 g/mol. The van der Waals surface area contributed by atoms with Gasteiger partial charge in [-0.2, -0.15) is 0 Å². The summed E-state index contributed by atoms with van der Waals surface area (Å²) in [6.07, 6.45) is 6.35. The fourth-order valence-corrected chi connectivity index (χ4v) is 2.64. The lowest BCUT2D eigenvalue weighted by Gasteiger charge is -2.34. The molecule has 1 atom stereocenters. The maximum atomic E-state index is 12.7. The molecule has 0 unspecified atom stereocenters. The van der Waals surface area contributed by atoms with Crippen molar-refractivity contribution >= 4 is 11.8 Å². The van der Waals surface area contributed by atoms with E-state index in [-0.39, 0.29) is 17.5 Å². The van der Waals surface area contributed by atoms with E-state index in [4.69, 9.17) is 0 Å². The number of nitrogens with one attached hydrogen (secondary N) is 2. The first kappa shape index (κ1) is 17.0. The topological polar surface area (TPSA) is 100 Å².